The molecule has 0 bridgehead atoms. The molecular weight excluding hydrogens is 200 g/mol. The van der Waals surface area contributed by atoms with E-state index in [0.29, 0.717) is 6.54 Å². The Morgan fingerprint density at radius 3 is 2.50 bits per heavy atom. The van der Waals surface area contributed by atoms with E-state index < -0.39 is 0 Å². The average molecular weight is 218 g/mol. The van der Waals surface area contributed by atoms with E-state index in [-0.39, 0.29) is 11.8 Å². The van der Waals surface area contributed by atoms with Gasteiger partial charge >= 0.3 is 0 Å². The fraction of sp³-hybridized carbons (Fsp3) is 0.462. The number of carbonyl (C=O) groups is 1. The van der Waals surface area contributed by atoms with E-state index in [9.17, 15) is 4.79 Å². The largest absolute Gasteiger partial charge is 0.341 e. The molecule has 1 aliphatic rings. The fourth-order valence-corrected chi connectivity index (χ4v) is 1.82. The molecule has 1 saturated heterocycles. The number of rotatable bonds is 3. The normalized spacial score (nSPS) is 15.6. The molecule has 1 aromatic carbocycles. The maximum absolute atomic E-state index is 11.9. The Labute approximate surface area is 96.5 Å². The zero-order valence-corrected chi connectivity index (χ0v) is 9.86. The number of hydrogen-bond acceptors (Lipinski definition) is 2. The van der Waals surface area contributed by atoms with Crippen LogP contribution in [-0.4, -0.2) is 30.9 Å². The molecule has 3 nitrogen and oxygen atoms in total. The average Bonchev–Trinajstić information content (AvgIpc) is 2.19. The standard InChI is InChI=1S/C13H18N2O/c1-10-3-5-11(6-4-10)9-15(2)13(16)12-7-14-8-12/h3-6,12,14H,7-9H2,1-2H3. The van der Waals surface area contributed by atoms with Crippen molar-refractivity contribution in [1.29, 1.82) is 0 Å². The van der Waals surface area contributed by atoms with Crippen LogP contribution in [0.4, 0.5) is 0 Å². The minimum Gasteiger partial charge on any atom is -0.341 e. The summed E-state index contributed by atoms with van der Waals surface area (Å²) in [5.41, 5.74) is 2.44. The minimum atomic E-state index is 0.190. The number of nitrogens with one attached hydrogen (secondary N) is 1. The molecule has 1 heterocycles. The molecule has 86 valence electrons. The summed E-state index contributed by atoms with van der Waals surface area (Å²) in [7, 11) is 1.88. The van der Waals surface area contributed by atoms with Crippen molar-refractivity contribution >= 4 is 5.91 Å². The van der Waals surface area contributed by atoms with Crippen molar-refractivity contribution in [1.82, 2.24) is 10.2 Å². The number of amides is 1. The second kappa shape index (κ2) is 4.66. The van der Waals surface area contributed by atoms with E-state index in [1.807, 2.05) is 11.9 Å². The number of hydrogen-bond donors (Lipinski definition) is 1. The highest BCUT2D eigenvalue weighted by Crippen LogP contribution is 2.11. The van der Waals surface area contributed by atoms with Gasteiger partial charge in [0.25, 0.3) is 0 Å². The Hall–Kier alpha value is -1.35. The second-order valence-corrected chi connectivity index (χ2v) is 4.54. The molecule has 2 rings (SSSR count). The second-order valence-electron chi connectivity index (χ2n) is 4.54. The molecule has 0 spiro atoms. The van der Waals surface area contributed by atoms with Crippen LogP contribution in [0.25, 0.3) is 0 Å². The molecule has 0 radical (unpaired) electrons. The fourth-order valence-electron chi connectivity index (χ4n) is 1.82. The van der Waals surface area contributed by atoms with Crippen molar-refractivity contribution in [3.8, 4) is 0 Å². The van der Waals surface area contributed by atoms with Crippen LogP contribution >= 0.6 is 0 Å². The van der Waals surface area contributed by atoms with Gasteiger partial charge in [0.15, 0.2) is 0 Å². The molecule has 1 amide bonds. The third kappa shape index (κ3) is 2.42. The summed E-state index contributed by atoms with van der Waals surface area (Å²) in [6.45, 7) is 4.43. The van der Waals surface area contributed by atoms with E-state index in [2.05, 4.69) is 36.5 Å². The van der Waals surface area contributed by atoms with Crippen molar-refractivity contribution in [2.24, 2.45) is 5.92 Å². The molecule has 0 atom stereocenters. The zero-order valence-electron chi connectivity index (χ0n) is 9.86. The minimum absolute atomic E-state index is 0.190. The lowest BCUT2D eigenvalue weighted by molar-refractivity contribution is -0.136. The van der Waals surface area contributed by atoms with Crippen LogP contribution in [0.5, 0.6) is 0 Å². The number of aryl methyl sites for hydroxylation is 1. The summed E-state index contributed by atoms with van der Waals surface area (Å²) in [6, 6.07) is 8.33. The SMILES string of the molecule is Cc1ccc(CN(C)C(=O)C2CNC2)cc1. The van der Waals surface area contributed by atoms with Crippen molar-refractivity contribution in [3.05, 3.63) is 35.4 Å². The molecule has 0 aliphatic carbocycles. The van der Waals surface area contributed by atoms with E-state index in [0.717, 1.165) is 13.1 Å². The van der Waals surface area contributed by atoms with E-state index in [4.69, 9.17) is 0 Å². The monoisotopic (exact) mass is 218 g/mol. The first-order chi connectivity index (χ1) is 7.66. The van der Waals surface area contributed by atoms with Gasteiger partial charge in [-0.1, -0.05) is 29.8 Å². The first kappa shape index (κ1) is 11.1. The summed E-state index contributed by atoms with van der Waals surface area (Å²) < 4.78 is 0. The van der Waals surface area contributed by atoms with Gasteiger partial charge in [-0.15, -0.1) is 0 Å². The summed E-state index contributed by atoms with van der Waals surface area (Å²) in [4.78, 5) is 13.7. The lowest BCUT2D eigenvalue weighted by Gasteiger charge is -2.30. The maximum Gasteiger partial charge on any atom is 0.228 e. The van der Waals surface area contributed by atoms with Crippen molar-refractivity contribution in [3.63, 3.8) is 0 Å². The molecule has 1 aromatic rings. The number of benzene rings is 1. The van der Waals surface area contributed by atoms with Gasteiger partial charge in [-0.25, -0.2) is 0 Å². The molecule has 0 saturated carbocycles. The molecule has 0 aromatic heterocycles. The summed E-state index contributed by atoms with van der Waals surface area (Å²) in [5, 5.41) is 3.12. The summed E-state index contributed by atoms with van der Waals surface area (Å²) in [5.74, 6) is 0.440. The van der Waals surface area contributed by atoms with Crippen molar-refractivity contribution in [2.45, 2.75) is 13.5 Å². The molecule has 1 aliphatic heterocycles. The first-order valence-electron chi connectivity index (χ1n) is 5.68. The van der Waals surface area contributed by atoms with Gasteiger partial charge in [-0.05, 0) is 12.5 Å². The molecule has 1 N–H and O–H groups in total. The Bertz CT molecular complexity index is 368. The van der Waals surface area contributed by atoms with Crippen molar-refractivity contribution < 1.29 is 4.79 Å². The molecular formula is C13H18N2O. The topological polar surface area (TPSA) is 32.3 Å². The van der Waals surface area contributed by atoms with E-state index >= 15 is 0 Å². The van der Waals surface area contributed by atoms with Gasteiger partial charge < -0.3 is 10.2 Å². The van der Waals surface area contributed by atoms with Crippen LogP contribution < -0.4 is 5.32 Å². The van der Waals surface area contributed by atoms with Gasteiger partial charge in [0, 0.05) is 26.7 Å². The van der Waals surface area contributed by atoms with Gasteiger partial charge in [0.05, 0.1) is 5.92 Å². The highest BCUT2D eigenvalue weighted by atomic mass is 16.2. The lowest BCUT2D eigenvalue weighted by Crippen LogP contribution is -2.50. The Kier molecular flexibility index (Phi) is 3.25. The van der Waals surface area contributed by atoms with Crippen LogP contribution in [0.3, 0.4) is 0 Å². The van der Waals surface area contributed by atoms with Gasteiger partial charge in [0.1, 0.15) is 0 Å². The lowest BCUT2D eigenvalue weighted by atomic mass is 10.0. The third-order valence-electron chi connectivity index (χ3n) is 3.05. The third-order valence-corrected chi connectivity index (χ3v) is 3.05. The van der Waals surface area contributed by atoms with Crippen LogP contribution in [0.1, 0.15) is 11.1 Å². The Morgan fingerprint density at radius 2 is 2.00 bits per heavy atom. The quantitative estimate of drug-likeness (QED) is 0.826. The zero-order chi connectivity index (χ0) is 11.5. The number of nitrogens with zero attached hydrogens (tertiary/aromatic N) is 1. The predicted molar refractivity (Wildman–Crippen MR) is 64.0 cm³/mol. The smallest absolute Gasteiger partial charge is 0.228 e. The molecule has 0 unspecified atom stereocenters. The van der Waals surface area contributed by atoms with Crippen LogP contribution in [-0.2, 0) is 11.3 Å². The van der Waals surface area contributed by atoms with Crippen molar-refractivity contribution in [2.75, 3.05) is 20.1 Å². The predicted octanol–water partition coefficient (Wildman–Crippen LogP) is 1.17. The van der Waals surface area contributed by atoms with Crippen LogP contribution in [0.15, 0.2) is 24.3 Å². The van der Waals surface area contributed by atoms with Crippen LogP contribution in [0.2, 0.25) is 0 Å². The first-order valence-corrected chi connectivity index (χ1v) is 5.68. The summed E-state index contributed by atoms with van der Waals surface area (Å²) >= 11 is 0. The van der Waals surface area contributed by atoms with Gasteiger partial charge in [0.2, 0.25) is 5.91 Å². The maximum atomic E-state index is 11.9. The van der Waals surface area contributed by atoms with E-state index in [1.54, 1.807) is 0 Å². The Morgan fingerprint density at radius 1 is 1.38 bits per heavy atom. The highest BCUT2D eigenvalue weighted by molar-refractivity contribution is 5.79. The molecule has 16 heavy (non-hydrogen) atoms. The molecule has 1 fully saturated rings. The van der Waals surface area contributed by atoms with E-state index in [1.165, 1.54) is 11.1 Å². The summed E-state index contributed by atoms with van der Waals surface area (Å²) in [6.07, 6.45) is 0. The number of carbonyl (C=O) groups excluding carboxylic acids is 1. The Balaban J connectivity index is 1.93. The molecule has 3 heteroatoms. The van der Waals surface area contributed by atoms with Gasteiger partial charge in [-0.3, -0.25) is 4.79 Å². The highest BCUT2D eigenvalue weighted by Gasteiger charge is 2.27. The van der Waals surface area contributed by atoms with Crippen LogP contribution in [0, 0.1) is 12.8 Å². The van der Waals surface area contributed by atoms with Gasteiger partial charge in [-0.2, -0.15) is 0 Å².